The first-order chi connectivity index (χ1) is 14.0. The number of ether oxygens (including phenoxy) is 1. The summed E-state index contributed by atoms with van der Waals surface area (Å²) >= 11 is 4.84. The summed E-state index contributed by atoms with van der Waals surface area (Å²) < 4.78 is 6.16. The van der Waals surface area contributed by atoms with Gasteiger partial charge in [-0.05, 0) is 42.0 Å². The number of nitrogens with zero attached hydrogens (tertiary/aromatic N) is 1. The van der Waals surface area contributed by atoms with Crippen LogP contribution < -0.4 is 15.4 Å². The van der Waals surface area contributed by atoms with Crippen molar-refractivity contribution in [1.29, 1.82) is 0 Å². The van der Waals surface area contributed by atoms with E-state index in [-0.39, 0.29) is 11.8 Å². The predicted molar refractivity (Wildman–Crippen MR) is 119 cm³/mol. The first-order valence-electron chi connectivity index (χ1n) is 8.99. The molecule has 2 aliphatic heterocycles. The van der Waals surface area contributed by atoms with Crippen LogP contribution in [0.1, 0.15) is 17.9 Å². The Morgan fingerprint density at radius 2 is 1.93 bits per heavy atom. The Kier molecular flexibility index (Phi) is 5.73. The molecule has 0 spiro atoms. The van der Waals surface area contributed by atoms with Crippen molar-refractivity contribution in [3.05, 3.63) is 69.8 Å². The standard InChI is InChI=1S/C21H18BrN3O3S/c1-28-15-8-2-12(3-9-15)16-10-18(26)24-17-11-29-20(19(16)17)25-21(27)23-14-6-4-13(22)5-7-14/h2-9,16H,10-11H2,1H3,(H,23,27)(H,24,26). The molecule has 6 nitrogen and oxygen atoms in total. The summed E-state index contributed by atoms with van der Waals surface area (Å²) in [6.45, 7) is 0. The summed E-state index contributed by atoms with van der Waals surface area (Å²) in [6, 6.07) is 14.5. The van der Waals surface area contributed by atoms with E-state index in [4.69, 9.17) is 4.74 Å². The molecule has 2 heterocycles. The van der Waals surface area contributed by atoms with Crippen molar-refractivity contribution < 1.29 is 14.3 Å². The molecule has 29 heavy (non-hydrogen) atoms. The number of carbonyl (C=O) groups is 2. The molecule has 4 rings (SSSR count). The van der Waals surface area contributed by atoms with Gasteiger partial charge in [-0.3, -0.25) is 4.79 Å². The van der Waals surface area contributed by atoms with Crippen molar-refractivity contribution in [2.24, 2.45) is 4.99 Å². The molecule has 2 aliphatic rings. The van der Waals surface area contributed by atoms with Gasteiger partial charge in [-0.25, -0.2) is 4.79 Å². The number of methoxy groups -OCH3 is 1. The fourth-order valence-electron chi connectivity index (χ4n) is 3.38. The van der Waals surface area contributed by atoms with E-state index in [0.29, 0.717) is 22.9 Å². The highest BCUT2D eigenvalue weighted by Crippen LogP contribution is 2.41. The number of rotatable bonds is 3. The van der Waals surface area contributed by atoms with Crippen LogP contribution in [0.5, 0.6) is 5.75 Å². The number of thioether (sulfide) groups is 1. The fourth-order valence-corrected chi connectivity index (χ4v) is 4.73. The topological polar surface area (TPSA) is 79.8 Å². The quantitative estimate of drug-likeness (QED) is 0.679. The minimum atomic E-state index is -0.436. The molecule has 0 saturated carbocycles. The van der Waals surface area contributed by atoms with Crippen LogP contribution in [-0.2, 0) is 4.79 Å². The van der Waals surface area contributed by atoms with Crippen molar-refractivity contribution in [2.45, 2.75) is 12.3 Å². The second-order valence-electron chi connectivity index (χ2n) is 6.61. The average molecular weight is 472 g/mol. The summed E-state index contributed by atoms with van der Waals surface area (Å²) in [6.07, 6.45) is 0.319. The van der Waals surface area contributed by atoms with Gasteiger partial charge in [0.1, 0.15) is 10.8 Å². The summed E-state index contributed by atoms with van der Waals surface area (Å²) in [5.41, 5.74) is 3.42. The molecule has 0 radical (unpaired) electrons. The van der Waals surface area contributed by atoms with Gasteiger partial charge < -0.3 is 15.4 Å². The van der Waals surface area contributed by atoms with E-state index in [2.05, 4.69) is 31.6 Å². The molecule has 2 N–H and O–H groups in total. The van der Waals surface area contributed by atoms with E-state index in [1.165, 1.54) is 11.8 Å². The highest BCUT2D eigenvalue weighted by atomic mass is 79.9. The fraction of sp³-hybridized carbons (Fsp3) is 0.190. The van der Waals surface area contributed by atoms with Crippen LogP contribution in [0.3, 0.4) is 0 Å². The summed E-state index contributed by atoms with van der Waals surface area (Å²) in [4.78, 5) is 29.0. The van der Waals surface area contributed by atoms with Gasteiger partial charge in [-0.1, -0.05) is 39.8 Å². The molecule has 0 bridgehead atoms. The number of amides is 3. The van der Waals surface area contributed by atoms with Crippen LogP contribution in [0.4, 0.5) is 10.5 Å². The number of urea groups is 1. The van der Waals surface area contributed by atoms with Crippen LogP contribution in [0, 0.1) is 0 Å². The number of nitrogens with one attached hydrogen (secondary N) is 2. The third-order valence-electron chi connectivity index (χ3n) is 4.75. The number of halogens is 1. The van der Waals surface area contributed by atoms with Gasteiger partial charge in [0.05, 0.1) is 7.11 Å². The number of anilines is 1. The van der Waals surface area contributed by atoms with Crippen LogP contribution in [0.25, 0.3) is 0 Å². The number of benzene rings is 2. The van der Waals surface area contributed by atoms with Gasteiger partial charge in [0, 0.05) is 39.5 Å². The molecule has 1 atom stereocenters. The Balaban J connectivity index is 1.61. The van der Waals surface area contributed by atoms with E-state index in [0.717, 1.165) is 27.1 Å². The molecular weight excluding hydrogens is 454 g/mol. The van der Waals surface area contributed by atoms with E-state index >= 15 is 0 Å². The normalized spacial score (nSPS) is 19.7. The summed E-state index contributed by atoms with van der Waals surface area (Å²) in [7, 11) is 1.62. The molecule has 0 fully saturated rings. The number of hydrogen-bond acceptors (Lipinski definition) is 4. The number of carbonyl (C=O) groups excluding carboxylic acids is 2. The maximum atomic E-state index is 12.5. The molecule has 0 aromatic heterocycles. The van der Waals surface area contributed by atoms with E-state index < -0.39 is 6.03 Å². The smallest absolute Gasteiger partial charge is 0.346 e. The third-order valence-corrected chi connectivity index (χ3v) is 6.30. The molecular formula is C21H18BrN3O3S. The second-order valence-corrected chi connectivity index (χ2v) is 8.49. The zero-order chi connectivity index (χ0) is 20.4. The Hall–Kier alpha value is -2.58. The summed E-state index contributed by atoms with van der Waals surface area (Å²) in [5, 5.41) is 6.37. The first kappa shape index (κ1) is 19.7. The highest BCUT2D eigenvalue weighted by molar-refractivity contribution is 9.10. The van der Waals surface area contributed by atoms with Crippen molar-refractivity contribution in [2.75, 3.05) is 18.2 Å². The van der Waals surface area contributed by atoms with Crippen molar-refractivity contribution in [3.63, 3.8) is 0 Å². The SMILES string of the molecule is COc1ccc(C2CC(=O)NC3=C2C(=NC(=O)Nc2ccc(Br)cc2)SC3)cc1. The van der Waals surface area contributed by atoms with Gasteiger partial charge in [0.15, 0.2) is 0 Å². The third kappa shape index (κ3) is 4.38. The van der Waals surface area contributed by atoms with E-state index in [1.54, 1.807) is 19.2 Å². The Bertz CT molecular complexity index is 1020. The van der Waals surface area contributed by atoms with E-state index in [1.807, 2.05) is 36.4 Å². The zero-order valence-electron chi connectivity index (χ0n) is 15.6. The first-order valence-corrected chi connectivity index (χ1v) is 10.8. The molecule has 1 unspecified atom stereocenters. The lowest BCUT2D eigenvalue weighted by molar-refractivity contribution is -0.121. The van der Waals surface area contributed by atoms with E-state index in [9.17, 15) is 9.59 Å². The maximum Gasteiger partial charge on any atom is 0.346 e. The lowest BCUT2D eigenvalue weighted by Crippen LogP contribution is -2.32. The minimum absolute atomic E-state index is 0.0225. The average Bonchev–Trinajstić information content (AvgIpc) is 3.11. The summed E-state index contributed by atoms with van der Waals surface area (Å²) in [5.74, 6) is 1.19. The Morgan fingerprint density at radius 1 is 1.21 bits per heavy atom. The van der Waals surface area contributed by atoms with Crippen LogP contribution in [-0.4, -0.2) is 29.8 Å². The van der Waals surface area contributed by atoms with Crippen LogP contribution >= 0.6 is 27.7 Å². The highest BCUT2D eigenvalue weighted by Gasteiger charge is 2.36. The van der Waals surface area contributed by atoms with Gasteiger partial charge in [-0.2, -0.15) is 4.99 Å². The monoisotopic (exact) mass is 471 g/mol. The zero-order valence-corrected chi connectivity index (χ0v) is 18.0. The van der Waals surface area contributed by atoms with Gasteiger partial charge in [0.2, 0.25) is 5.91 Å². The molecule has 0 aliphatic carbocycles. The molecule has 148 valence electrons. The Labute approximate surface area is 180 Å². The minimum Gasteiger partial charge on any atom is -0.497 e. The van der Waals surface area contributed by atoms with Crippen LogP contribution in [0.2, 0.25) is 0 Å². The molecule has 8 heteroatoms. The van der Waals surface area contributed by atoms with Crippen LogP contribution in [0.15, 0.2) is 69.3 Å². The van der Waals surface area contributed by atoms with Gasteiger partial charge >= 0.3 is 6.03 Å². The lowest BCUT2D eigenvalue weighted by atomic mass is 9.85. The number of aliphatic imine (C=N–C) groups is 1. The second kappa shape index (κ2) is 8.42. The van der Waals surface area contributed by atoms with Crippen molar-refractivity contribution >= 4 is 50.4 Å². The lowest BCUT2D eigenvalue weighted by Gasteiger charge is -2.25. The largest absolute Gasteiger partial charge is 0.497 e. The van der Waals surface area contributed by atoms with Crippen molar-refractivity contribution in [3.8, 4) is 5.75 Å². The maximum absolute atomic E-state index is 12.5. The van der Waals surface area contributed by atoms with Crippen molar-refractivity contribution in [1.82, 2.24) is 5.32 Å². The molecule has 0 saturated heterocycles. The molecule has 2 aromatic carbocycles. The predicted octanol–water partition coefficient (Wildman–Crippen LogP) is 4.69. The van der Waals surface area contributed by atoms with Gasteiger partial charge in [-0.15, -0.1) is 0 Å². The number of hydrogen-bond donors (Lipinski definition) is 2. The molecule has 3 amide bonds. The van der Waals surface area contributed by atoms with Gasteiger partial charge in [0.25, 0.3) is 0 Å². The molecule has 2 aromatic rings. The Morgan fingerprint density at radius 3 is 2.62 bits per heavy atom.